The lowest BCUT2D eigenvalue weighted by atomic mass is 9.70. The number of rotatable bonds is 15. The highest BCUT2D eigenvalue weighted by Crippen LogP contribution is 2.58. The van der Waals surface area contributed by atoms with E-state index in [-0.39, 0.29) is 23.6 Å². The number of ether oxygens (including phenoxy) is 2. The second-order valence-corrected chi connectivity index (χ2v) is 10.2. The van der Waals surface area contributed by atoms with Crippen LogP contribution in [-0.4, -0.2) is 37.0 Å². The number of aliphatic hydroxyl groups excluding tert-OH is 1. The van der Waals surface area contributed by atoms with Crippen LogP contribution >= 0.6 is 0 Å². The van der Waals surface area contributed by atoms with Gasteiger partial charge in [0, 0.05) is 17.8 Å². The number of carbonyl (C=O) groups is 1. The quantitative estimate of drug-likeness (QED) is 0.183. The van der Waals surface area contributed by atoms with Gasteiger partial charge in [-0.25, -0.2) is 0 Å². The lowest BCUT2D eigenvalue weighted by Gasteiger charge is -2.38. The zero-order chi connectivity index (χ0) is 24.2. The van der Waals surface area contributed by atoms with Crippen LogP contribution < -0.4 is 0 Å². The van der Waals surface area contributed by atoms with Crippen LogP contribution in [0.4, 0.5) is 0 Å². The molecule has 188 valence electrons. The van der Waals surface area contributed by atoms with Gasteiger partial charge < -0.3 is 14.6 Å². The Labute approximate surface area is 206 Å². The molecule has 0 unspecified atom stereocenters. The van der Waals surface area contributed by atoms with Crippen LogP contribution in [0.15, 0.2) is 54.6 Å². The van der Waals surface area contributed by atoms with Gasteiger partial charge in [-0.3, -0.25) is 4.79 Å². The van der Waals surface area contributed by atoms with Crippen molar-refractivity contribution in [1.82, 2.24) is 0 Å². The topological polar surface area (TPSA) is 55.8 Å². The molecule has 2 bridgehead atoms. The molecule has 1 saturated carbocycles. The maximum Gasteiger partial charge on any atom is 0.305 e. The first-order chi connectivity index (χ1) is 16.6. The van der Waals surface area contributed by atoms with Gasteiger partial charge in [0.1, 0.15) is 0 Å². The van der Waals surface area contributed by atoms with Gasteiger partial charge >= 0.3 is 5.97 Å². The van der Waals surface area contributed by atoms with Crippen LogP contribution in [0, 0.1) is 17.3 Å². The maximum atomic E-state index is 11.3. The molecule has 1 aromatic rings. The molecule has 1 aromatic carbocycles. The highest BCUT2D eigenvalue weighted by molar-refractivity contribution is 5.69. The zero-order valence-electron chi connectivity index (χ0n) is 21.2. The van der Waals surface area contributed by atoms with Crippen molar-refractivity contribution >= 4 is 5.97 Å². The van der Waals surface area contributed by atoms with Crippen molar-refractivity contribution < 1.29 is 19.4 Å². The fraction of sp³-hybridized carbons (Fsp3) is 0.633. The maximum absolute atomic E-state index is 11.3. The summed E-state index contributed by atoms with van der Waals surface area (Å²) in [7, 11) is 1.44. The van der Waals surface area contributed by atoms with Crippen molar-refractivity contribution in [2.24, 2.45) is 17.3 Å². The van der Waals surface area contributed by atoms with Crippen molar-refractivity contribution in [2.75, 3.05) is 13.7 Å². The van der Waals surface area contributed by atoms with Gasteiger partial charge in [-0.05, 0) is 56.4 Å². The van der Waals surface area contributed by atoms with Gasteiger partial charge in [-0.15, -0.1) is 0 Å². The number of carbonyl (C=O) groups excluding carboxylic acids is 1. The number of aliphatic hydroxyl groups is 1. The minimum absolute atomic E-state index is 0.138. The Balaban J connectivity index is 1.64. The van der Waals surface area contributed by atoms with Crippen molar-refractivity contribution in [1.29, 1.82) is 0 Å². The highest BCUT2D eigenvalue weighted by atomic mass is 16.5. The van der Waals surface area contributed by atoms with Crippen LogP contribution in [0.25, 0.3) is 0 Å². The molecule has 1 heterocycles. The van der Waals surface area contributed by atoms with Gasteiger partial charge in [0.2, 0.25) is 0 Å². The van der Waals surface area contributed by atoms with Gasteiger partial charge in [0.25, 0.3) is 0 Å². The summed E-state index contributed by atoms with van der Waals surface area (Å²) in [6.45, 7) is 3.03. The van der Waals surface area contributed by atoms with E-state index in [9.17, 15) is 9.90 Å². The zero-order valence-corrected chi connectivity index (χ0v) is 21.2. The number of unbranched alkanes of at least 4 members (excludes halogenated alkanes) is 3. The van der Waals surface area contributed by atoms with E-state index in [4.69, 9.17) is 9.47 Å². The van der Waals surface area contributed by atoms with Crippen molar-refractivity contribution in [3.63, 3.8) is 0 Å². The summed E-state index contributed by atoms with van der Waals surface area (Å²) in [5.74, 6) is 0.734. The molecule has 34 heavy (non-hydrogen) atoms. The first-order valence-electron chi connectivity index (χ1n) is 13.3. The third-order valence-corrected chi connectivity index (χ3v) is 7.82. The summed E-state index contributed by atoms with van der Waals surface area (Å²) in [5.41, 5.74) is 1.58. The standard InChI is InChI=1S/C30H44O4/c1-3-4-8-15-25(31)18-19-26-27(16-11-5-6-12-17-29(32)33-2)30(22-28(26)34-23-30)21-20-24-13-9-7-10-14-24/h5,7,9-11,13-14,18-19,25-28,31H,3-4,6,8,12,15-17,20-23H2,1-2H3/b11-5-,19-18+/t25-,26-,27-,28-,30-/m1/s1. The Kier molecular flexibility index (Phi) is 10.9. The monoisotopic (exact) mass is 468 g/mol. The van der Waals surface area contributed by atoms with Gasteiger partial charge in [0.15, 0.2) is 0 Å². The number of hydrogen-bond acceptors (Lipinski definition) is 4. The highest BCUT2D eigenvalue weighted by Gasteiger charge is 2.56. The predicted octanol–water partition coefficient (Wildman–Crippen LogP) is 6.43. The minimum Gasteiger partial charge on any atom is -0.469 e. The molecule has 3 rings (SSSR count). The molecule has 2 aliphatic rings. The average molecular weight is 469 g/mol. The van der Waals surface area contributed by atoms with Gasteiger partial charge in [-0.1, -0.05) is 80.8 Å². The number of hydrogen-bond donors (Lipinski definition) is 1. The SMILES string of the molecule is CCCCC[C@@H](O)/C=C/[C@@H]1[C@@H](C/C=C\CCCC(=O)OC)[C@@]2(CCc3ccccc3)CO[C@@H]1C2. The van der Waals surface area contributed by atoms with Crippen LogP contribution in [0.1, 0.15) is 76.7 Å². The summed E-state index contributed by atoms with van der Waals surface area (Å²) < 4.78 is 11.0. The molecule has 4 heteroatoms. The van der Waals surface area contributed by atoms with Crippen molar-refractivity contribution in [3.8, 4) is 0 Å². The Morgan fingerprint density at radius 1 is 1.24 bits per heavy atom. The van der Waals surface area contributed by atoms with Crippen LogP contribution in [0.5, 0.6) is 0 Å². The number of aryl methyl sites for hydroxylation is 1. The summed E-state index contributed by atoms with van der Waals surface area (Å²) >= 11 is 0. The normalized spacial score (nSPS) is 27.1. The van der Waals surface area contributed by atoms with E-state index in [0.29, 0.717) is 18.3 Å². The molecule has 2 fully saturated rings. The molecule has 1 N–H and O–H groups in total. The Morgan fingerprint density at radius 3 is 2.82 bits per heavy atom. The molecule has 0 spiro atoms. The lowest BCUT2D eigenvalue weighted by Crippen LogP contribution is -2.36. The van der Waals surface area contributed by atoms with Gasteiger partial charge in [0.05, 0.1) is 25.9 Å². The third kappa shape index (κ3) is 7.55. The summed E-state index contributed by atoms with van der Waals surface area (Å²) in [4.78, 5) is 11.3. The first-order valence-corrected chi connectivity index (χ1v) is 13.3. The summed E-state index contributed by atoms with van der Waals surface area (Å²) in [6.07, 6.45) is 19.5. The minimum atomic E-state index is -0.361. The Hall–Kier alpha value is -1.91. The average Bonchev–Trinajstić information content (AvgIpc) is 3.41. The molecule has 0 amide bonds. The van der Waals surface area contributed by atoms with E-state index in [1.54, 1.807) is 0 Å². The molecule has 1 aliphatic carbocycles. The Bertz CT molecular complexity index is 786. The molecule has 5 atom stereocenters. The van der Waals surface area contributed by atoms with E-state index in [1.165, 1.54) is 25.5 Å². The van der Waals surface area contributed by atoms with Gasteiger partial charge in [-0.2, -0.15) is 0 Å². The second-order valence-electron chi connectivity index (χ2n) is 10.2. The Morgan fingerprint density at radius 2 is 2.06 bits per heavy atom. The number of fused-ring (bicyclic) bond motifs is 2. The molecule has 4 nitrogen and oxygen atoms in total. The summed E-state index contributed by atoms with van der Waals surface area (Å²) in [5, 5.41) is 10.5. The fourth-order valence-corrected chi connectivity index (χ4v) is 5.81. The smallest absolute Gasteiger partial charge is 0.305 e. The molecular weight excluding hydrogens is 424 g/mol. The van der Waals surface area contributed by atoms with Crippen LogP contribution in [-0.2, 0) is 20.7 Å². The van der Waals surface area contributed by atoms with E-state index in [1.807, 2.05) is 6.08 Å². The number of esters is 1. The van der Waals surface area contributed by atoms with Crippen molar-refractivity contribution in [3.05, 3.63) is 60.2 Å². The number of benzene rings is 1. The lowest BCUT2D eigenvalue weighted by molar-refractivity contribution is -0.140. The van der Waals surface area contributed by atoms with E-state index >= 15 is 0 Å². The van der Waals surface area contributed by atoms with Crippen LogP contribution in [0.2, 0.25) is 0 Å². The largest absolute Gasteiger partial charge is 0.469 e. The molecule has 1 aliphatic heterocycles. The molecule has 0 radical (unpaired) electrons. The summed E-state index contributed by atoms with van der Waals surface area (Å²) in [6, 6.07) is 10.8. The fourth-order valence-electron chi connectivity index (χ4n) is 5.81. The number of methoxy groups -OCH3 is 1. The molecule has 1 saturated heterocycles. The molecule has 0 aromatic heterocycles. The third-order valence-electron chi connectivity index (χ3n) is 7.82. The first kappa shape index (κ1) is 26.7. The second kappa shape index (κ2) is 13.8. The van der Waals surface area contributed by atoms with Crippen LogP contribution in [0.3, 0.4) is 0 Å². The predicted molar refractivity (Wildman–Crippen MR) is 137 cm³/mol. The van der Waals surface area contributed by atoms with E-state index in [0.717, 1.165) is 58.0 Å². The van der Waals surface area contributed by atoms with E-state index in [2.05, 4.69) is 55.5 Å². The van der Waals surface area contributed by atoms with Crippen molar-refractivity contribution in [2.45, 2.75) is 89.8 Å². The number of allylic oxidation sites excluding steroid dienone is 2. The molecular formula is C30H44O4. The van der Waals surface area contributed by atoms with E-state index < -0.39 is 0 Å².